The molecule has 0 aliphatic heterocycles. The molecule has 2 aromatic carbocycles. The first-order chi connectivity index (χ1) is 8.09. The summed E-state index contributed by atoms with van der Waals surface area (Å²) in [5.41, 5.74) is 3.71. The average molecular weight is 249 g/mol. The van der Waals surface area contributed by atoms with Gasteiger partial charge in [0.1, 0.15) is 5.82 Å². The second-order valence-electron chi connectivity index (χ2n) is 4.24. The van der Waals surface area contributed by atoms with Crippen LogP contribution >= 0.6 is 11.6 Å². The van der Waals surface area contributed by atoms with E-state index in [0.29, 0.717) is 5.56 Å². The average Bonchev–Trinajstić information content (AvgIpc) is 2.32. The van der Waals surface area contributed by atoms with E-state index in [-0.39, 0.29) is 5.82 Å². The predicted octanol–water partition coefficient (Wildman–Crippen LogP) is 4.77. The van der Waals surface area contributed by atoms with Crippen LogP contribution in [0.2, 0.25) is 0 Å². The largest absolute Gasteiger partial charge is 0.207 e. The van der Waals surface area contributed by atoms with Gasteiger partial charge in [-0.25, -0.2) is 4.39 Å². The fourth-order valence-corrected chi connectivity index (χ4v) is 2.29. The Morgan fingerprint density at radius 2 is 1.71 bits per heavy atom. The van der Waals surface area contributed by atoms with Crippen molar-refractivity contribution in [1.82, 2.24) is 0 Å². The molecule has 1 atom stereocenters. The van der Waals surface area contributed by atoms with Crippen molar-refractivity contribution in [2.24, 2.45) is 0 Å². The van der Waals surface area contributed by atoms with Crippen LogP contribution in [0.4, 0.5) is 4.39 Å². The number of hydrogen-bond acceptors (Lipinski definition) is 0. The van der Waals surface area contributed by atoms with Gasteiger partial charge in [0.2, 0.25) is 0 Å². The lowest BCUT2D eigenvalue weighted by Crippen LogP contribution is -1.99. The third kappa shape index (κ3) is 2.50. The molecule has 0 radical (unpaired) electrons. The molecule has 88 valence electrons. The number of aryl methyl sites for hydroxylation is 2. The zero-order chi connectivity index (χ0) is 12.4. The lowest BCUT2D eigenvalue weighted by Gasteiger charge is -2.14. The topological polar surface area (TPSA) is 0 Å². The van der Waals surface area contributed by atoms with E-state index in [1.807, 2.05) is 32.0 Å². The Bertz CT molecular complexity index is 534. The molecule has 0 amide bonds. The van der Waals surface area contributed by atoms with Gasteiger partial charge in [0, 0.05) is 5.56 Å². The van der Waals surface area contributed by atoms with Crippen LogP contribution in [0.15, 0.2) is 42.5 Å². The Balaban J connectivity index is 2.47. The van der Waals surface area contributed by atoms with E-state index in [1.54, 1.807) is 18.2 Å². The molecular formula is C15H14ClF. The number of hydrogen-bond donors (Lipinski definition) is 0. The maximum atomic E-state index is 13.7. The minimum absolute atomic E-state index is 0.256. The maximum absolute atomic E-state index is 13.7. The lowest BCUT2D eigenvalue weighted by atomic mass is 9.98. The fraction of sp³-hybridized carbons (Fsp3) is 0.200. The standard InChI is InChI=1S/C15H14ClF/c1-10-7-8-11(2)13(9-10)15(16)12-5-3-4-6-14(12)17/h3-9,15H,1-2H3. The minimum Gasteiger partial charge on any atom is -0.207 e. The van der Waals surface area contributed by atoms with Gasteiger partial charge in [-0.15, -0.1) is 11.6 Å². The third-order valence-electron chi connectivity index (χ3n) is 2.89. The normalized spacial score (nSPS) is 12.5. The molecule has 0 bridgehead atoms. The summed E-state index contributed by atoms with van der Waals surface area (Å²) in [4.78, 5) is 0. The van der Waals surface area contributed by atoms with Crippen LogP contribution in [0.25, 0.3) is 0 Å². The fourth-order valence-electron chi connectivity index (χ4n) is 1.88. The van der Waals surface area contributed by atoms with Crippen molar-refractivity contribution in [3.63, 3.8) is 0 Å². The second-order valence-corrected chi connectivity index (χ2v) is 4.68. The summed E-state index contributed by atoms with van der Waals surface area (Å²) in [7, 11) is 0. The van der Waals surface area contributed by atoms with E-state index in [1.165, 1.54) is 6.07 Å². The Morgan fingerprint density at radius 3 is 2.41 bits per heavy atom. The van der Waals surface area contributed by atoms with Gasteiger partial charge in [-0.2, -0.15) is 0 Å². The van der Waals surface area contributed by atoms with Crippen molar-refractivity contribution in [2.75, 3.05) is 0 Å². The van der Waals surface area contributed by atoms with Gasteiger partial charge in [0.25, 0.3) is 0 Å². The summed E-state index contributed by atoms with van der Waals surface area (Å²) in [6.45, 7) is 4.00. The molecule has 0 spiro atoms. The molecule has 2 heteroatoms. The summed E-state index contributed by atoms with van der Waals surface area (Å²) >= 11 is 6.37. The monoisotopic (exact) mass is 248 g/mol. The van der Waals surface area contributed by atoms with Crippen LogP contribution in [0.3, 0.4) is 0 Å². The zero-order valence-electron chi connectivity index (χ0n) is 9.87. The predicted molar refractivity (Wildman–Crippen MR) is 70.0 cm³/mol. The van der Waals surface area contributed by atoms with Crippen LogP contribution in [0.5, 0.6) is 0 Å². The van der Waals surface area contributed by atoms with Gasteiger partial charge >= 0.3 is 0 Å². The van der Waals surface area contributed by atoms with Crippen molar-refractivity contribution in [3.05, 3.63) is 70.5 Å². The van der Waals surface area contributed by atoms with E-state index >= 15 is 0 Å². The smallest absolute Gasteiger partial charge is 0.128 e. The summed E-state index contributed by atoms with van der Waals surface area (Å²) in [6.07, 6.45) is 0. The molecule has 0 aromatic heterocycles. The van der Waals surface area contributed by atoms with E-state index in [9.17, 15) is 4.39 Å². The molecule has 0 saturated heterocycles. The highest BCUT2D eigenvalue weighted by molar-refractivity contribution is 6.22. The zero-order valence-corrected chi connectivity index (χ0v) is 10.6. The van der Waals surface area contributed by atoms with Crippen LogP contribution in [0, 0.1) is 19.7 Å². The first kappa shape index (κ1) is 12.1. The minimum atomic E-state index is -0.434. The first-order valence-electron chi connectivity index (χ1n) is 5.55. The highest BCUT2D eigenvalue weighted by atomic mass is 35.5. The molecule has 0 aliphatic carbocycles. The molecule has 0 saturated carbocycles. The Kier molecular flexibility index (Phi) is 3.49. The first-order valence-corrected chi connectivity index (χ1v) is 5.99. The number of alkyl halides is 1. The molecule has 0 N–H and O–H groups in total. The summed E-state index contributed by atoms with van der Waals surface area (Å²) < 4.78 is 13.7. The third-order valence-corrected chi connectivity index (χ3v) is 3.36. The molecule has 1 unspecified atom stereocenters. The molecular weight excluding hydrogens is 235 g/mol. The van der Waals surface area contributed by atoms with E-state index in [4.69, 9.17) is 11.6 Å². The van der Waals surface area contributed by atoms with Crippen LogP contribution < -0.4 is 0 Å². The molecule has 2 aromatic rings. The van der Waals surface area contributed by atoms with Gasteiger partial charge in [0.05, 0.1) is 5.38 Å². The van der Waals surface area contributed by atoms with Crippen LogP contribution in [-0.2, 0) is 0 Å². The van der Waals surface area contributed by atoms with Crippen molar-refractivity contribution in [3.8, 4) is 0 Å². The maximum Gasteiger partial charge on any atom is 0.128 e. The summed E-state index contributed by atoms with van der Waals surface area (Å²) in [5, 5.41) is -0.434. The van der Waals surface area contributed by atoms with Crippen LogP contribution in [0.1, 0.15) is 27.6 Å². The van der Waals surface area contributed by atoms with Crippen molar-refractivity contribution in [2.45, 2.75) is 19.2 Å². The van der Waals surface area contributed by atoms with Crippen molar-refractivity contribution >= 4 is 11.6 Å². The Morgan fingerprint density at radius 1 is 1.00 bits per heavy atom. The molecule has 2 rings (SSSR count). The molecule has 0 fully saturated rings. The highest BCUT2D eigenvalue weighted by Gasteiger charge is 2.16. The van der Waals surface area contributed by atoms with Gasteiger partial charge in [-0.05, 0) is 31.0 Å². The SMILES string of the molecule is Cc1ccc(C)c(C(Cl)c2ccccc2F)c1. The molecule has 0 aliphatic rings. The summed E-state index contributed by atoms with van der Waals surface area (Å²) in [5.74, 6) is -0.256. The van der Waals surface area contributed by atoms with Crippen LogP contribution in [-0.4, -0.2) is 0 Å². The quantitative estimate of drug-likeness (QED) is 0.672. The highest BCUT2D eigenvalue weighted by Crippen LogP contribution is 2.32. The van der Waals surface area contributed by atoms with Gasteiger partial charge in [0.15, 0.2) is 0 Å². The molecule has 0 heterocycles. The van der Waals surface area contributed by atoms with E-state index in [2.05, 4.69) is 0 Å². The second kappa shape index (κ2) is 4.89. The molecule has 0 nitrogen and oxygen atoms in total. The number of benzene rings is 2. The molecule has 17 heavy (non-hydrogen) atoms. The Hall–Kier alpha value is -1.34. The number of halogens is 2. The van der Waals surface area contributed by atoms with Gasteiger partial charge in [-0.1, -0.05) is 42.0 Å². The van der Waals surface area contributed by atoms with E-state index < -0.39 is 5.38 Å². The Labute approximate surface area is 106 Å². The van der Waals surface area contributed by atoms with E-state index in [0.717, 1.165) is 16.7 Å². The van der Waals surface area contributed by atoms with Gasteiger partial charge in [-0.3, -0.25) is 0 Å². The van der Waals surface area contributed by atoms with Crippen molar-refractivity contribution < 1.29 is 4.39 Å². The summed E-state index contributed by atoms with van der Waals surface area (Å²) in [6, 6.07) is 12.7. The van der Waals surface area contributed by atoms with Gasteiger partial charge < -0.3 is 0 Å². The lowest BCUT2D eigenvalue weighted by molar-refractivity contribution is 0.612. The number of rotatable bonds is 2. The van der Waals surface area contributed by atoms with Crippen molar-refractivity contribution in [1.29, 1.82) is 0 Å².